The highest BCUT2D eigenvalue weighted by atomic mass is 16.5. The van der Waals surface area contributed by atoms with Crippen LogP contribution in [-0.4, -0.2) is 17.7 Å². The molecule has 2 atom stereocenters. The standard InChI is InChI=1S/C14H14O3/c1-9-10-5-3-4-6-11(10)13(2,16)14(9)7-8-17-12(14)15/h3-6,16H,1,7-8H2,2H3/t13-,14-/m0/s1. The van der Waals surface area contributed by atoms with Gasteiger partial charge < -0.3 is 9.84 Å². The minimum atomic E-state index is -1.23. The smallest absolute Gasteiger partial charge is 0.320 e. The molecule has 0 saturated carbocycles. The fraction of sp³-hybridized carbons (Fsp3) is 0.357. The van der Waals surface area contributed by atoms with E-state index in [9.17, 15) is 9.90 Å². The Kier molecular flexibility index (Phi) is 1.85. The SMILES string of the molecule is C=C1c2ccccc2[C@](C)(O)[C@@]12CCOC2=O. The molecule has 0 unspecified atom stereocenters. The maximum Gasteiger partial charge on any atom is 0.320 e. The van der Waals surface area contributed by atoms with Crippen molar-refractivity contribution in [3.8, 4) is 0 Å². The highest BCUT2D eigenvalue weighted by Crippen LogP contribution is 2.60. The van der Waals surface area contributed by atoms with Crippen LogP contribution in [0.2, 0.25) is 0 Å². The van der Waals surface area contributed by atoms with Crippen LogP contribution in [0.25, 0.3) is 5.57 Å². The van der Waals surface area contributed by atoms with Gasteiger partial charge in [-0.05, 0) is 23.6 Å². The van der Waals surface area contributed by atoms with Gasteiger partial charge in [0.25, 0.3) is 0 Å². The lowest BCUT2D eigenvalue weighted by Gasteiger charge is -2.33. The maximum absolute atomic E-state index is 12.0. The van der Waals surface area contributed by atoms with Crippen LogP contribution in [0.15, 0.2) is 30.8 Å². The zero-order chi connectivity index (χ0) is 12.3. The summed E-state index contributed by atoms with van der Waals surface area (Å²) in [5, 5.41) is 10.8. The molecule has 1 fully saturated rings. The van der Waals surface area contributed by atoms with Crippen LogP contribution in [0.5, 0.6) is 0 Å². The second-order valence-electron chi connectivity index (χ2n) is 4.89. The summed E-state index contributed by atoms with van der Waals surface area (Å²) in [5.41, 5.74) is 0.103. The van der Waals surface area contributed by atoms with Crippen molar-refractivity contribution >= 4 is 11.5 Å². The predicted molar refractivity (Wildman–Crippen MR) is 63.1 cm³/mol. The van der Waals surface area contributed by atoms with E-state index in [1.165, 1.54) is 0 Å². The van der Waals surface area contributed by atoms with E-state index in [-0.39, 0.29) is 5.97 Å². The number of carbonyl (C=O) groups is 1. The molecule has 0 radical (unpaired) electrons. The molecule has 1 spiro atoms. The lowest BCUT2D eigenvalue weighted by Crippen LogP contribution is -2.43. The van der Waals surface area contributed by atoms with Gasteiger partial charge in [0.2, 0.25) is 0 Å². The van der Waals surface area contributed by atoms with Crippen molar-refractivity contribution in [3.63, 3.8) is 0 Å². The summed E-state index contributed by atoms with van der Waals surface area (Å²) in [7, 11) is 0. The Bertz CT molecular complexity index is 530. The first kappa shape index (κ1) is 10.5. The van der Waals surface area contributed by atoms with Crippen molar-refractivity contribution in [2.45, 2.75) is 18.9 Å². The lowest BCUT2D eigenvalue weighted by atomic mass is 9.70. The third-order valence-corrected chi connectivity index (χ3v) is 4.18. The summed E-state index contributed by atoms with van der Waals surface area (Å²) in [6.07, 6.45) is 0.492. The molecule has 1 aliphatic carbocycles. The molecule has 1 N–H and O–H groups in total. The number of fused-ring (bicyclic) bond motifs is 1. The zero-order valence-electron chi connectivity index (χ0n) is 9.69. The number of hydrogen-bond acceptors (Lipinski definition) is 3. The van der Waals surface area contributed by atoms with Gasteiger partial charge in [-0.2, -0.15) is 0 Å². The maximum atomic E-state index is 12.0. The second-order valence-corrected chi connectivity index (χ2v) is 4.89. The summed E-state index contributed by atoms with van der Waals surface area (Å²) in [5.74, 6) is -0.358. The molecule has 0 bridgehead atoms. The third kappa shape index (κ3) is 0.984. The molecule has 3 rings (SSSR count). The molecule has 1 heterocycles. The number of esters is 1. The normalized spacial score (nSPS) is 35.2. The third-order valence-electron chi connectivity index (χ3n) is 4.18. The van der Waals surface area contributed by atoms with E-state index >= 15 is 0 Å². The molecule has 1 aromatic rings. The van der Waals surface area contributed by atoms with Crippen molar-refractivity contribution in [2.24, 2.45) is 5.41 Å². The molecule has 3 heteroatoms. The van der Waals surface area contributed by atoms with E-state index in [0.29, 0.717) is 18.6 Å². The number of hydrogen-bond donors (Lipinski definition) is 1. The van der Waals surface area contributed by atoms with Crippen LogP contribution in [0, 0.1) is 5.41 Å². The quantitative estimate of drug-likeness (QED) is 0.692. The molecule has 1 aromatic carbocycles. The minimum absolute atomic E-state index is 0.349. The molecule has 17 heavy (non-hydrogen) atoms. The molecule has 3 nitrogen and oxygen atoms in total. The monoisotopic (exact) mass is 230 g/mol. The average molecular weight is 230 g/mol. The van der Waals surface area contributed by atoms with Crippen molar-refractivity contribution in [2.75, 3.05) is 6.61 Å². The predicted octanol–water partition coefficient (Wildman–Crippen LogP) is 1.85. The summed E-state index contributed by atoms with van der Waals surface area (Å²) in [6, 6.07) is 7.49. The van der Waals surface area contributed by atoms with Gasteiger partial charge >= 0.3 is 5.97 Å². The molecule has 1 aliphatic heterocycles. The second kappa shape index (κ2) is 2.99. The first-order valence-electron chi connectivity index (χ1n) is 5.70. The fourth-order valence-corrected chi connectivity index (χ4v) is 3.16. The minimum Gasteiger partial charge on any atom is -0.465 e. The number of aliphatic hydroxyl groups is 1. The summed E-state index contributed by atoms with van der Waals surface area (Å²) < 4.78 is 5.07. The van der Waals surface area contributed by atoms with Gasteiger partial charge in [0.05, 0.1) is 6.61 Å². The van der Waals surface area contributed by atoms with E-state index in [2.05, 4.69) is 6.58 Å². The van der Waals surface area contributed by atoms with Gasteiger partial charge in [-0.15, -0.1) is 0 Å². The molecule has 88 valence electrons. The van der Waals surface area contributed by atoms with Gasteiger partial charge in [0.15, 0.2) is 0 Å². The van der Waals surface area contributed by atoms with Gasteiger partial charge in [-0.1, -0.05) is 30.8 Å². The lowest BCUT2D eigenvalue weighted by molar-refractivity contribution is -0.153. The molecule has 1 saturated heterocycles. The van der Waals surface area contributed by atoms with Crippen molar-refractivity contribution in [3.05, 3.63) is 42.0 Å². The van der Waals surface area contributed by atoms with Gasteiger partial charge in [-0.25, -0.2) is 0 Å². The molecule has 0 aromatic heterocycles. The Morgan fingerprint density at radius 1 is 1.41 bits per heavy atom. The van der Waals surface area contributed by atoms with Crippen LogP contribution in [0.1, 0.15) is 24.5 Å². The Hall–Kier alpha value is -1.61. The van der Waals surface area contributed by atoms with Crippen LogP contribution in [-0.2, 0) is 15.1 Å². The van der Waals surface area contributed by atoms with Crippen LogP contribution in [0.4, 0.5) is 0 Å². The Labute approximate surface area is 99.7 Å². The van der Waals surface area contributed by atoms with E-state index in [1.54, 1.807) is 6.92 Å². The van der Waals surface area contributed by atoms with Crippen molar-refractivity contribution in [1.29, 1.82) is 0 Å². The number of carbonyl (C=O) groups excluding carboxylic acids is 1. The van der Waals surface area contributed by atoms with Crippen LogP contribution < -0.4 is 0 Å². The number of rotatable bonds is 0. The summed E-state index contributed by atoms with van der Waals surface area (Å²) >= 11 is 0. The Morgan fingerprint density at radius 3 is 2.71 bits per heavy atom. The summed E-state index contributed by atoms with van der Waals surface area (Å²) in [6.45, 7) is 6.04. The van der Waals surface area contributed by atoms with E-state index in [4.69, 9.17) is 4.74 Å². The topological polar surface area (TPSA) is 46.5 Å². The molecular formula is C14H14O3. The Balaban J connectivity index is 2.30. The van der Waals surface area contributed by atoms with E-state index in [1.807, 2.05) is 24.3 Å². The molecule has 0 amide bonds. The molecule has 2 aliphatic rings. The largest absolute Gasteiger partial charge is 0.465 e. The number of cyclic esters (lactones) is 1. The highest BCUT2D eigenvalue weighted by molar-refractivity contribution is 5.99. The highest BCUT2D eigenvalue weighted by Gasteiger charge is 2.64. The fourth-order valence-electron chi connectivity index (χ4n) is 3.16. The first-order chi connectivity index (χ1) is 8.02. The van der Waals surface area contributed by atoms with Crippen LogP contribution in [0.3, 0.4) is 0 Å². The van der Waals surface area contributed by atoms with Gasteiger partial charge in [0, 0.05) is 6.42 Å². The first-order valence-corrected chi connectivity index (χ1v) is 5.70. The van der Waals surface area contributed by atoms with E-state index in [0.717, 1.165) is 11.1 Å². The van der Waals surface area contributed by atoms with E-state index < -0.39 is 11.0 Å². The van der Waals surface area contributed by atoms with Gasteiger partial charge in [0.1, 0.15) is 11.0 Å². The van der Waals surface area contributed by atoms with Crippen LogP contribution >= 0.6 is 0 Å². The van der Waals surface area contributed by atoms with Gasteiger partial charge in [-0.3, -0.25) is 4.79 Å². The number of benzene rings is 1. The number of ether oxygens (including phenoxy) is 1. The Morgan fingerprint density at radius 2 is 2.12 bits per heavy atom. The van der Waals surface area contributed by atoms with Crippen molar-refractivity contribution in [1.82, 2.24) is 0 Å². The average Bonchev–Trinajstić information content (AvgIpc) is 2.77. The zero-order valence-corrected chi connectivity index (χ0v) is 9.69. The summed E-state index contributed by atoms with van der Waals surface area (Å²) in [4.78, 5) is 12.0. The van der Waals surface area contributed by atoms with Crippen molar-refractivity contribution < 1.29 is 14.6 Å². The molecular weight excluding hydrogens is 216 g/mol.